The topological polar surface area (TPSA) is 50.4 Å². The Kier molecular flexibility index (Phi) is 5.77. The largest absolute Gasteiger partial charge is 0.483 e. The van der Waals surface area contributed by atoms with E-state index in [-0.39, 0.29) is 12.5 Å². The van der Waals surface area contributed by atoms with E-state index in [0.717, 1.165) is 28.3 Å². The van der Waals surface area contributed by atoms with Crippen molar-refractivity contribution in [2.24, 2.45) is 0 Å². The predicted octanol–water partition coefficient (Wildman–Crippen LogP) is 5.37. The van der Waals surface area contributed by atoms with Crippen LogP contribution in [0, 0.1) is 20.8 Å². The standard InChI is InChI=1S/C23H24N2O2/c1-16-11-13-19(14-12-16)24-20-8-4-5-9-21(20)25-23(26)15-27-22-10-6-7-17(2)18(22)3/h4-14,24H,15H2,1-3H3,(H,25,26). The Morgan fingerprint density at radius 1 is 0.852 bits per heavy atom. The molecule has 0 saturated carbocycles. The van der Waals surface area contributed by atoms with E-state index in [9.17, 15) is 4.79 Å². The lowest BCUT2D eigenvalue weighted by Crippen LogP contribution is -2.21. The molecule has 0 fully saturated rings. The molecule has 0 unspecified atom stereocenters. The minimum Gasteiger partial charge on any atom is -0.483 e. The van der Waals surface area contributed by atoms with E-state index in [4.69, 9.17) is 4.74 Å². The highest BCUT2D eigenvalue weighted by atomic mass is 16.5. The van der Waals surface area contributed by atoms with Crippen LogP contribution in [0.3, 0.4) is 0 Å². The molecule has 138 valence electrons. The lowest BCUT2D eigenvalue weighted by molar-refractivity contribution is -0.118. The van der Waals surface area contributed by atoms with Crippen molar-refractivity contribution in [1.82, 2.24) is 0 Å². The molecular formula is C23H24N2O2. The number of anilines is 3. The van der Waals surface area contributed by atoms with Gasteiger partial charge in [-0.05, 0) is 62.2 Å². The number of nitrogens with one attached hydrogen (secondary N) is 2. The first-order valence-corrected chi connectivity index (χ1v) is 8.94. The molecule has 3 aromatic rings. The Morgan fingerprint density at radius 2 is 1.56 bits per heavy atom. The molecule has 0 heterocycles. The van der Waals surface area contributed by atoms with Crippen molar-refractivity contribution < 1.29 is 9.53 Å². The Morgan fingerprint density at radius 3 is 2.30 bits per heavy atom. The second-order valence-electron chi connectivity index (χ2n) is 6.57. The predicted molar refractivity (Wildman–Crippen MR) is 111 cm³/mol. The first kappa shape index (κ1) is 18.5. The normalized spacial score (nSPS) is 10.3. The molecule has 27 heavy (non-hydrogen) atoms. The Bertz CT molecular complexity index is 933. The molecule has 4 heteroatoms. The number of para-hydroxylation sites is 2. The minimum absolute atomic E-state index is 0.0385. The van der Waals surface area contributed by atoms with E-state index in [2.05, 4.69) is 10.6 Å². The molecule has 4 nitrogen and oxygen atoms in total. The smallest absolute Gasteiger partial charge is 0.262 e. The molecule has 3 rings (SSSR count). The lowest BCUT2D eigenvalue weighted by atomic mass is 10.1. The van der Waals surface area contributed by atoms with E-state index in [1.165, 1.54) is 5.56 Å². The summed E-state index contributed by atoms with van der Waals surface area (Å²) in [6, 6.07) is 21.6. The Hall–Kier alpha value is -3.27. The quantitative estimate of drug-likeness (QED) is 0.621. The van der Waals surface area contributed by atoms with Gasteiger partial charge in [-0.3, -0.25) is 4.79 Å². The average Bonchev–Trinajstić information content (AvgIpc) is 2.66. The fourth-order valence-electron chi connectivity index (χ4n) is 2.70. The van der Waals surface area contributed by atoms with Gasteiger partial charge < -0.3 is 15.4 Å². The third kappa shape index (κ3) is 4.88. The fourth-order valence-corrected chi connectivity index (χ4v) is 2.70. The van der Waals surface area contributed by atoms with Crippen LogP contribution >= 0.6 is 0 Å². The van der Waals surface area contributed by atoms with Gasteiger partial charge in [0.25, 0.3) is 5.91 Å². The highest BCUT2D eigenvalue weighted by molar-refractivity contribution is 5.95. The number of carbonyl (C=O) groups is 1. The van der Waals surface area contributed by atoms with Crippen LogP contribution < -0.4 is 15.4 Å². The zero-order valence-electron chi connectivity index (χ0n) is 15.9. The average molecular weight is 360 g/mol. The number of rotatable bonds is 6. The van der Waals surface area contributed by atoms with Crippen LogP contribution in [0.15, 0.2) is 66.7 Å². The first-order valence-electron chi connectivity index (χ1n) is 8.94. The van der Waals surface area contributed by atoms with Gasteiger partial charge in [0, 0.05) is 5.69 Å². The summed E-state index contributed by atoms with van der Waals surface area (Å²) in [5.74, 6) is 0.533. The van der Waals surface area contributed by atoms with Gasteiger partial charge in [0.15, 0.2) is 6.61 Å². The molecule has 0 radical (unpaired) electrons. The summed E-state index contributed by atoms with van der Waals surface area (Å²) in [6.07, 6.45) is 0. The Balaban J connectivity index is 1.65. The SMILES string of the molecule is Cc1ccc(Nc2ccccc2NC(=O)COc2cccc(C)c2C)cc1. The van der Waals surface area contributed by atoms with Crippen LogP contribution in [0.5, 0.6) is 5.75 Å². The summed E-state index contributed by atoms with van der Waals surface area (Å²) >= 11 is 0. The van der Waals surface area contributed by atoms with Crippen molar-refractivity contribution in [3.05, 3.63) is 83.4 Å². The van der Waals surface area contributed by atoms with E-state index >= 15 is 0 Å². The molecule has 0 spiro atoms. The maximum atomic E-state index is 12.4. The maximum Gasteiger partial charge on any atom is 0.262 e. The number of amides is 1. The van der Waals surface area contributed by atoms with Gasteiger partial charge in [-0.2, -0.15) is 0 Å². The van der Waals surface area contributed by atoms with Gasteiger partial charge in [-0.1, -0.05) is 42.0 Å². The van der Waals surface area contributed by atoms with Gasteiger partial charge in [0.05, 0.1) is 11.4 Å². The molecule has 1 amide bonds. The summed E-state index contributed by atoms with van der Waals surface area (Å²) in [7, 11) is 0. The third-order valence-electron chi connectivity index (χ3n) is 4.45. The molecule has 2 N–H and O–H groups in total. The van der Waals surface area contributed by atoms with E-state index in [0.29, 0.717) is 5.69 Å². The second-order valence-corrected chi connectivity index (χ2v) is 6.57. The number of carbonyl (C=O) groups excluding carboxylic acids is 1. The number of hydrogen-bond donors (Lipinski definition) is 2. The van der Waals surface area contributed by atoms with Crippen LogP contribution in [0.2, 0.25) is 0 Å². The van der Waals surface area contributed by atoms with Crippen molar-refractivity contribution in [3.8, 4) is 5.75 Å². The van der Waals surface area contributed by atoms with Crippen molar-refractivity contribution >= 4 is 23.0 Å². The highest BCUT2D eigenvalue weighted by Gasteiger charge is 2.09. The molecule has 0 aliphatic rings. The molecule has 0 aliphatic heterocycles. The monoisotopic (exact) mass is 360 g/mol. The third-order valence-corrected chi connectivity index (χ3v) is 4.45. The highest BCUT2D eigenvalue weighted by Crippen LogP contribution is 2.26. The van der Waals surface area contributed by atoms with Crippen LogP contribution in [0.25, 0.3) is 0 Å². The summed E-state index contributed by atoms with van der Waals surface area (Å²) < 4.78 is 5.69. The molecule has 0 atom stereocenters. The molecular weight excluding hydrogens is 336 g/mol. The van der Waals surface area contributed by atoms with Gasteiger partial charge >= 0.3 is 0 Å². The van der Waals surface area contributed by atoms with E-state index in [1.807, 2.05) is 87.5 Å². The van der Waals surface area contributed by atoms with Crippen LogP contribution in [-0.4, -0.2) is 12.5 Å². The zero-order chi connectivity index (χ0) is 19.2. The van der Waals surface area contributed by atoms with Crippen molar-refractivity contribution in [2.75, 3.05) is 17.2 Å². The van der Waals surface area contributed by atoms with Gasteiger partial charge in [-0.25, -0.2) is 0 Å². The number of benzene rings is 3. The number of aryl methyl sites for hydroxylation is 2. The minimum atomic E-state index is -0.200. The van der Waals surface area contributed by atoms with E-state index in [1.54, 1.807) is 0 Å². The van der Waals surface area contributed by atoms with Crippen LogP contribution in [-0.2, 0) is 4.79 Å². The van der Waals surface area contributed by atoms with Crippen LogP contribution in [0.4, 0.5) is 17.1 Å². The van der Waals surface area contributed by atoms with E-state index < -0.39 is 0 Å². The molecule has 0 saturated heterocycles. The van der Waals surface area contributed by atoms with Crippen molar-refractivity contribution in [3.63, 3.8) is 0 Å². The van der Waals surface area contributed by atoms with Gasteiger partial charge in [0.1, 0.15) is 5.75 Å². The van der Waals surface area contributed by atoms with Crippen molar-refractivity contribution in [1.29, 1.82) is 0 Å². The molecule has 0 aromatic heterocycles. The number of hydrogen-bond acceptors (Lipinski definition) is 3. The fraction of sp³-hybridized carbons (Fsp3) is 0.174. The summed E-state index contributed by atoms with van der Waals surface area (Å²) in [5, 5.41) is 6.26. The second kappa shape index (κ2) is 8.41. The zero-order valence-corrected chi connectivity index (χ0v) is 15.9. The maximum absolute atomic E-state index is 12.4. The summed E-state index contributed by atoms with van der Waals surface area (Å²) in [5.41, 5.74) is 5.90. The number of ether oxygens (including phenoxy) is 1. The first-order chi connectivity index (χ1) is 13.0. The Labute approximate surface area is 160 Å². The lowest BCUT2D eigenvalue weighted by Gasteiger charge is -2.14. The van der Waals surface area contributed by atoms with Gasteiger partial charge in [-0.15, -0.1) is 0 Å². The molecule has 0 bridgehead atoms. The van der Waals surface area contributed by atoms with Crippen molar-refractivity contribution in [2.45, 2.75) is 20.8 Å². The van der Waals surface area contributed by atoms with Crippen LogP contribution in [0.1, 0.15) is 16.7 Å². The molecule has 0 aliphatic carbocycles. The van der Waals surface area contributed by atoms with Gasteiger partial charge in [0.2, 0.25) is 0 Å². The summed E-state index contributed by atoms with van der Waals surface area (Å²) in [4.78, 5) is 12.4. The summed E-state index contributed by atoms with van der Waals surface area (Å²) in [6.45, 7) is 6.02. The molecule has 3 aromatic carbocycles.